The van der Waals surface area contributed by atoms with Crippen molar-refractivity contribution in [1.82, 2.24) is 0 Å². The maximum Gasteiger partial charge on any atom is 0.200 e. The summed E-state index contributed by atoms with van der Waals surface area (Å²) < 4.78 is 11.2. The summed E-state index contributed by atoms with van der Waals surface area (Å²) in [6, 6.07) is 0. The molecule has 0 bridgehead atoms. The highest BCUT2D eigenvalue weighted by molar-refractivity contribution is 7.57. The summed E-state index contributed by atoms with van der Waals surface area (Å²) in [6.07, 6.45) is 6.57. The smallest absolute Gasteiger partial charge is 0.200 e. The van der Waals surface area contributed by atoms with Crippen molar-refractivity contribution in [2.45, 2.75) is 32.1 Å². The highest BCUT2D eigenvalue weighted by Crippen LogP contribution is 2.43. The molecule has 2 nitrogen and oxygen atoms in total. The quantitative estimate of drug-likeness (QED) is 0.554. The van der Waals surface area contributed by atoms with Gasteiger partial charge in [-0.1, -0.05) is 19.3 Å². The first kappa shape index (κ1) is 8.29. The Hall–Kier alpha value is 0.190. The molecular formula is C7H15O2P. The van der Waals surface area contributed by atoms with E-state index >= 15 is 0 Å². The minimum absolute atomic E-state index is 0.562. The minimum Gasteiger partial charge on any atom is -0.344 e. The average Bonchev–Trinajstić information content (AvgIpc) is 1.81. The monoisotopic (exact) mass is 162 g/mol. The van der Waals surface area contributed by atoms with Crippen LogP contribution >= 0.6 is 7.37 Å². The molecule has 0 radical (unpaired) electrons. The van der Waals surface area contributed by atoms with Gasteiger partial charge in [0.25, 0.3) is 0 Å². The van der Waals surface area contributed by atoms with Crippen molar-refractivity contribution in [3.8, 4) is 0 Å². The van der Waals surface area contributed by atoms with E-state index in [9.17, 15) is 9.46 Å². The lowest BCUT2D eigenvalue weighted by Crippen LogP contribution is -1.98. The van der Waals surface area contributed by atoms with Gasteiger partial charge in [0.15, 0.2) is 0 Å². The molecule has 0 amide bonds. The van der Waals surface area contributed by atoms with Gasteiger partial charge < -0.3 is 4.89 Å². The molecule has 0 aromatic carbocycles. The van der Waals surface area contributed by atoms with Gasteiger partial charge in [-0.25, -0.2) is 0 Å². The molecule has 10 heavy (non-hydrogen) atoms. The normalized spacial score (nSPS) is 26.9. The maximum atomic E-state index is 11.2. The summed E-state index contributed by atoms with van der Waals surface area (Å²) in [4.78, 5) is 9.24. The molecule has 1 N–H and O–H groups in total. The van der Waals surface area contributed by atoms with Gasteiger partial charge in [-0.3, -0.25) is 4.57 Å². The van der Waals surface area contributed by atoms with Gasteiger partial charge in [-0.15, -0.1) is 0 Å². The van der Waals surface area contributed by atoms with E-state index < -0.39 is 7.37 Å². The zero-order valence-electron chi connectivity index (χ0n) is 6.25. The molecule has 60 valence electrons. The second-order valence-electron chi connectivity index (χ2n) is 3.06. The molecule has 0 atom stereocenters. The number of rotatable bonds is 0. The Balaban J connectivity index is 2.38. The summed E-state index contributed by atoms with van der Waals surface area (Å²) in [5, 5.41) is 0. The molecule has 0 saturated carbocycles. The van der Waals surface area contributed by atoms with Crippen LogP contribution in [0.4, 0.5) is 0 Å². The molecule has 0 aromatic rings. The van der Waals surface area contributed by atoms with Crippen LogP contribution in [0.5, 0.6) is 0 Å². The van der Waals surface area contributed by atoms with E-state index in [4.69, 9.17) is 0 Å². The molecule has 1 fully saturated rings. The minimum atomic E-state index is -2.66. The fourth-order valence-electron chi connectivity index (χ4n) is 1.36. The Morgan fingerprint density at radius 1 is 0.900 bits per heavy atom. The Bertz CT molecular complexity index is 133. The first-order valence-corrected chi connectivity index (χ1v) is 6.05. The Kier molecular flexibility index (Phi) is 2.94. The molecule has 1 saturated heterocycles. The zero-order valence-corrected chi connectivity index (χ0v) is 7.15. The largest absolute Gasteiger partial charge is 0.344 e. The van der Waals surface area contributed by atoms with E-state index in [-0.39, 0.29) is 0 Å². The van der Waals surface area contributed by atoms with Gasteiger partial charge >= 0.3 is 0 Å². The first-order valence-electron chi connectivity index (χ1n) is 4.02. The summed E-state index contributed by atoms with van der Waals surface area (Å²) in [5.41, 5.74) is 0. The molecule has 0 aromatic heterocycles. The summed E-state index contributed by atoms with van der Waals surface area (Å²) in [7, 11) is -2.66. The zero-order chi connectivity index (χ0) is 7.45. The third-order valence-electron chi connectivity index (χ3n) is 2.02. The topological polar surface area (TPSA) is 37.3 Å². The highest BCUT2D eigenvalue weighted by atomic mass is 31.2. The third-order valence-corrected chi connectivity index (χ3v) is 4.05. The third kappa shape index (κ3) is 2.85. The Morgan fingerprint density at radius 3 is 1.80 bits per heavy atom. The van der Waals surface area contributed by atoms with Crippen LogP contribution in [0.1, 0.15) is 32.1 Å². The van der Waals surface area contributed by atoms with E-state index in [0.29, 0.717) is 12.3 Å². The highest BCUT2D eigenvalue weighted by Gasteiger charge is 2.18. The molecule has 3 heteroatoms. The predicted octanol–water partition coefficient (Wildman–Crippen LogP) is 2.22. The van der Waals surface area contributed by atoms with Crippen molar-refractivity contribution in [3.05, 3.63) is 0 Å². The first-order chi connectivity index (χ1) is 4.71. The molecule has 1 aliphatic heterocycles. The molecular weight excluding hydrogens is 147 g/mol. The summed E-state index contributed by atoms with van der Waals surface area (Å²) in [6.45, 7) is 0. The van der Waals surface area contributed by atoms with Crippen LogP contribution in [-0.4, -0.2) is 17.2 Å². The van der Waals surface area contributed by atoms with Crippen LogP contribution in [0.2, 0.25) is 0 Å². The van der Waals surface area contributed by atoms with Crippen molar-refractivity contribution in [2.24, 2.45) is 0 Å². The van der Waals surface area contributed by atoms with Crippen molar-refractivity contribution in [1.29, 1.82) is 0 Å². The van der Waals surface area contributed by atoms with Crippen molar-refractivity contribution in [3.63, 3.8) is 0 Å². The maximum absolute atomic E-state index is 11.2. The van der Waals surface area contributed by atoms with Crippen molar-refractivity contribution >= 4 is 7.37 Å². The van der Waals surface area contributed by atoms with Crippen molar-refractivity contribution in [2.75, 3.05) is 12.3 Å². The van der Waals surface area contributed by atoms with E-state index in [0.717, 1.165) is 25.7 Å². The second kappa shape index (κ2) is 3.54. The predicted molar refractivity (Wildman–Crippen MR) is 42.6 cm³/mol. The molecule has 1 heterocycles. The molecule has 1 rings (SSSR count). The standard InChI is InChI=1S/C7H15O2P/c8-10(9)6-4-2-1-3-5-7-10/h1-7H2,(H,8,9). The average molecular weight is 162 g/mol. The number of hydrogen-bond acceptors (Lipinski definition) is 1. The van der Waals surface area contributed by atoms with Crippen LogP contribution in [-0.2, 0) is 4.57 Å². The Morgan fingerprint density at radius 2 is 1.30 bits per heavy atom. The van der Waals surface area contributed by atoms with Crippen LogP contribution in [0.3, 0.4) is 0 Å². The van der Waals surface area contributed by atoms with E-state index in [2.05, 4.69) is 0 Å². The van der Waals surface area contributed by atoms with E-state index in [1.165, 1.54) is 6.42 Å². The molecule has 0 spiro atoms. The fraction of sp³-hybridized carbons (Fsp3) is 1.00. The van der Waals surface area contributed by atoms with Crippen molar-refractivity contribution < 1.29 is 9.46 Å². The van der Waals surface area contributed by atoms with E-state index in [1.54, 1.807) is 0 Å². The lowest BCUT2D eigenvalue weighted by molar-refractivity contribution is 0.464. The second-order valence-corrected chi connectivity index (χ2v) is 5.65. The van der Waals surface area contributed by atoms with Gasteiger partial charge in [0.2, 0.25) is 7.37 Å². The van der Waals surface area contributed by atoms with E-state index in [1.807, 2.05) is 0 Å². The lowest BCUT2D eigenvalue weighted by atomic mass is 10.2. The SMILES string of the molecule is O=P1(O)CCCCCCC1. The number of hydrogen-bond donors (Lipinski definition) is 1. The fourth-order valence-corrected chi connectivity index (χ4v) is 3.02. The molecule has 0 unspecified atom stereocenters. The van der Waals surface area contributed by atoms with Gasteiger partial charge in [0, 0.05) is 12.3 Å². The van der Waals surface area contributed by atoms with Gasteiger partial charge in [0.1, 0.15) is 0 Å². The van der Waals surface area contributed by atoms with Crippen LogP contribution < -0.4 is 0 Å². The molecule has 0 aliphatic carbocycles. The van der Waals surface area contributed by atoms with Crippen LogP contribution in [0, 0.1) is 0 Å². The van der Waals surface area contributed by atoms with Gasteiger partial charge in [0.05, 0.1) is 0 Å². The summed E-state index contributed by atoms with van der Waals surface area (Å²) >= 11 is 0. The van der Waals surface area contributed by atoms with Crippen LogP contribution in [0.25, 0.3) is 0 Å². The Labute approximate surface area is 62.1 Å². The lowest BCUT2D eigenvalue weighted by Gasteiger charge is -2.13. The van der Waals surface area contributed by atoms with Crippen LogP contribution in [0.15, 0.2) is 0 Å². The van der Waals surface area contributed by atoms with Gasteiger partial charge in [-0.2, -0.15) is 0 Å². The van der Waals surface area contributed by atoms with Gasteiger partial charge in [-0.05, 0) is 12.8 Å². The molecule has 1 aliphatic rings. The summed E-state index contributed by atoms with van der Waals surface area (Å²) in [5.74, 6) is 0.